The van der Waals surface area contributed by atoms with Gasteiger partial charge in [-0.2, -0.15) is 0 Å². The van der Waals surface area contributed by atoms with E-state index in [0.29, 0.717) is 12.5 Å². The Morgan fingerprint density at radius 3 is 2.61 bits per heavy atom. The fourth-order valence-electron chi connectivity index (χ4n) is 2.13. The first-order chi connectivity index (χ1) is 8.79. The number of amides is 1. The molecule has 1 saturated heterocycles. The van der Waals surface area contributed by atoms with Crippen LogP contribution in [0.15, 0.2) is 43.0 Å². The Balaban J connectivity index is 1.77. The Hall–Kier alpha value is -1.77. The molecule has 1 aliphatic rings. The van der Waals surface area contributed by atoms with E-state index in [1.807, 2.05) is 36.4 Å². The van der Waals surface area contributed by atoms with E-state index in [1.54, 1.807) is 4.90 Å². The lowest BCUT2D eigenvalue weighted by atomic mass is 9.97. The summed E-state index contributed by atoms with van der Waals surface area (Å²) < 4.78 is 5.30. The fraction of sp³-hybridized carbons (Fsp3) is 0.400. The smallest absolute Gasteiger partial charge is 0.410 e. The molecular formula is C15H19NO2. The van der Waals surface area contributed by atoms with E-state index in [0.717, 1.165) is 31.5 Å². The minimum Gasteiger partial charge on any atom is -0.445 e. The summed E-state index contributed by atoms with van der Waals surface area (Å²) in [5.74, 6) is 0.545. The maximum Gasteiger partial charge on any atom is 0.410 e. The SMILES string of the molecule is C=CC1CCN(C(=O)OCc2ccccc2)CC1. The van der Waals surface area contributed by atoms with Crippen LogP contribution in [0.5, 0.6) is 0 Å². The second kappa shape index (κ2) is 6.24. The Bertz CT molecular complexity index is 394. The second-order valence-corrected chi connectivity index (χ2v) is 4.60. The van der Waals surface area contributed by atoms with Gasteiger partial charge in [0.2, 0.25) is 0 Å². The second-order valence-electron chi connectivity index (χ2n) is 4.60. The lowest BCUT2D eigenvalue weighted by Gasteiger charge is -2.29. The zero-order chi connectivity index (χ0) is 12.8. The van der Waals surface area contributed by atoms with E-state index in [-0.39, 0.29) is 6.09 Å². The highest BCUT2D eigenvalue weighted by atomic mass is 16.6. The van der Waals surface area contributed by atoms with E-state index >= 15 is 0 Å². The molecule has 1 aromatic rings. The molecule has 3 nitrogen and oxygen atoms in total. The highest BCUT2D eigenvalue weighted by Crippen LogP contribution is 2.18. The molecule has 1 aliphatic heterocycles. The van der Waals surface area contributed by atoms with E-state index in [4.69, 9.17) is 4.74 Å². The Labute approximate surface area is 108 Å². The first-order valence-corrected chi connectivity index (χ1v) is 6.38. The highest BCUT2D eigenvalue weighted by molar-refractivity contribution is 5.67. The number of likely N-dealkylation sites (tertiary alicyclic amines) is 1. The number of ether oxygens (including phenoxy) is 1. The number of hydrogen-bond acceptors (Lipinski definition) is 2. The van der Waals surface area contributed by atoms with Crippen molar-refractivity contribution in [1.82, 2.24) is 4.90 Å². The Kier molecular flexibility index (Phi) is 4.40. The maximum absolute atomic E-state index is 11.8. The molecule has 1 amide bonds. The normalized spacial score (nSPS) is 16.3. The number of carbonyl (C=O) groups is 1. The molecule has 1 aromatic carbocycles. The summed E-state index contributed by atoms with van der Waals surface area (Å²) in [4.78, 5) is 13.6. The van der Waals surface area contributed by atoms with Gasteiger partial charge in [-0.05, 0) is 24.3 Å². The van der Waals surface area contributed by atoms with E-state index in [9.17, 15) is 4.79 Å². The van der Waals surface area contributed by atoms with Gasteiger partial charge in [0.05, 0.1) is 0 Å². The third-order valence-corrected chi connectivity index (χ3v) is 3.34. The number of hydrogen-bond donors (Lipinski definition) is 0. The van der Waals surface area contributed by atoms with Crippen LogP contribution in [-0.2, 0) is 11.3 Å². The Morgan fingerprint density at radius 1 is 1.33 bits per heavy atom. The third-order valence-electron chi connectivity index (χ3n) is 3.34. The van der Waals surface area contributed by atoms with Crippen molar-refractivity contribution in [3.8, 4) is 0 Å². The summed E-state index contributed by atoms with van der Waals surface area (Å²) >= 11 is 0. The van der Waals surface area contributed by atoms with Crippen LogP contribution in [0.25, 0.3) is 0 Å². The summed E-state index contributed by atoms with van der Waals surface area (Å²) in [5, 5.41) is 0. The summed E-state index contributed by atoms with van der Waals surface area (Å²) in [5.41, 5.74) is 1.02. The lowest BCUT2D eigenvalue weighted by Crippen LogP contribution is -2.38. The molecule has 18 heavy (non-hydrogen) atoms. The Morgan fingerprint density at radius 2 is 2.00 bits per heavy atom. The van der Waals surface area contributed by atoms with Gasteiger partial charge in [0.25, 0.3) is 0 Å². The summed E-state index contributed by atoms with van der Waals surface area (Å²) in [6.07, 6.45) is 3.75. The van der Waals surface area contributed by atoms with Gasteiger partial charge in [-0.3, -0.25) is 0 Å². The summed E-state index contributed by atoms with van der Waals surface area (Å²) in [6, 6.07) is 9.75. The molecule has 1 heterocycles. The highest BCUT2D eigenvalue weighted by Gasteiger charge is 2.21. The summed E-state index contributed by atoms with van der Waals surface area (Å²) in [7, 11) is 0. The number of carbonyl (C=O) groups excluding carboxylic acids is 1. The van der Waals surface area contributed by atoms with Crippen LogP contribution >= 0.6 is 0 Å². The molecule has 0 aliphatic carbocycles. The molecule has 2 rings (SSSR count). The number of benzene rings is 1. The van der Waals surface area contributed by atoms with E-state index < -0.39 is 0 Å². The number of rotatable bonds is 3. The molecule has 0 spiro atoms. The fourth-order valence-corrected chi connectivity index (χ4v) is 2.13. The quantitative estimate of drug-likeness (QED) is 0.765. The number of allylic oxidation sites excluding steroid dienone is 1. The average Bonchev–Trinajstić information content (AvgIpc) is 2.46. The van der Waals surface area contributed by atoms with Crippen molar-refractivity contribution in [2.45, 2.75) is 19.4 Å². The van der Waals surface area contributed by atoms with Crippen LogP contribution < -0.4 is 0 Å². The minimum absolute atomic E-state index is 0.207. The monoisotopic (exact) mass is 245 g/mol. The molecule has 0 atom stereocenters. The van der Waals surface area contributed by atoms with Crippen molar-refractivity contribution >= 4 is 6.09 Å². The number of piperidine rings is 1. The van der Waals surface area contributed by atoms with Gasteiger partial charge in [0.15, 0.2) is 0 Å². The zero-order valence-corrected chi connectivity index (χ0v) is 10.5. The van der Waals surface area contributed by atoms with Crippen molar-refractivity contribution < 1.29 is 9.53 Å². The van der Waals surface area contributed by atoms with Crippen molar-refractivity contribution in [1.29, 1.82) is 0 Å². The molecule has 0 saturated carbocycles. The minimum atomic E-state index is -0.207. The van der Waals surface area contributed by atoms with E-state index in [1.165, 1.54) is 0 Å². The van der Waals surface area contributed by atoms with Crippen molar-refractivity contribution in [3.63, 3.8) is 0 Å². The first kappa shape index (κ1) is 12.7. The van der Waals surface area contributed by atoms with Gasteiger partial charge >= 0.3 is 6.09 Å². The van der Waals surface area contributed by atoms with Crippen molar-refractivity contribution in [2.75, 3.05) is 13.1 Å². The molecule has 0 bridgehead atoms. The van der Waals surface area contributed by atoms with Gasteiger partial charge in [-0.15, -0.1) is 6.58 Å². The summed E-state index contributed by atoms with van der Waals surface area (Å²) in [6.45, 7) is 5.68. The third kappa shape index (κ3) is 3.36. The van der Waals surface area contributed by atoms with Crippen molar-refractivity contribution in [3.05, 3.63) is 48.6 Å². The molecule has 0 radical (unpaired) electrons. The van der Waals surface area contributed by atoms with Crippen molar-refractivity contribution in [2.24, 2.45) is 5.92 Å². The van der Waals surface area contributed by atoms with Gasteiger partial charge in [-0.1, -0.05) is 36.4 Å². The van der Waals surface area contributed by atoms with Crippen LogP contribution in [0.4, 0.5) is 4.79 Å². The van der Waals surface area contributed by atoms with Gasteiger partial charge in [-0.25, -0.2) is 4.79 Å². The van der Waals surface area contributed by atoms with Crippen LogP contribution in [0.1, 0.15) is 18.4 Å². The molecule has 96 valence electrons. The average molecular weight is 245 g/mol. The van der Waals surface area contributed by atoms with Gasteiger partial charge in [0, 0.05) is 13.1 Å². The largest absolute Gasteiger partial charge is 0.445 e. The predicted octanol–water partition coefficient (Wildman–Crippen LogP) is 3.22. The standard InChI is InChI=1S/C15H19NO2/c1-2-13-8-10-16(11-9-13)15(17)18-12-14-6-4-3-5-7-14/h2-7,13H,1,8-12H2. The predicted molar refractivity (Wildman–Crippen MR) is 71.1 cm³/mol. The molecule has 1 fully saturated rings. The van der Waals surface area contributed by atoms with Crippen LogP contribution in [0.3, 0.4) is 0 Å². The topological polar surface area (TPSA) is 29.5 Å². The molecule has 0 aromatic heterocycles. The van der Waals surface area contributed by atoms with Gasteiger partial charge < -0.3 is 9.64 Å². The molecular weight excluding hydrogens is 226 g/mol. The zero-order valence-electron chi connectivity index (χ0n) is 10.5. The lowest BCUT2D eigenvalue weighted by molar-refractivity contribution is 0.0855. The maximum atomic E-state index is 11.8. The van der Waals surface area contributed by atoms with E-state index in [2.05, 4.69) is 6.58 Å². The van der Waals surface area contributed by atoms with Gasteiger partial charge in [0.1, 0.15) is 6.61 Å². The molecule has 0 N–H and O–H groups in total. The van der Waals surface area contributed by atoms with Crippen LogP contribution in [0.2, 0.25) is 0 Å². The van der Waals surface area contributed by atoms with Crippen LogP contribution in [-0.4, -0.2) is 24.1 Å². The molecule has 0 unspecified atom stereocenters. The molecule has 3 heteroatoms. The first-order valence-electron chi connectivity index (χ1n) is 6.38. The van der Waals surface area contributed by atoms with Crippen LogP contribution in [0, 0.1) is 5.92 Å². The number of nitrogens with zero attached hydrogens (tertiary/aromatic N) is 1.